The van der Waals surface area contributed by atoms with Crippen LogP contribution in [-0.2, 0) is 10.0 Å². The molecule has 0 unspecified atom stereocenters. The van der Waals surface area contributed by atoms with E-state index in [1.165, 1.54) is 10.4 Å². The van der Waals surface area contributed by atoms with Crippen molar-refractivity contribution in [1.29, 1.82) is 0 Å². The van der Waals surface area contributed by atoms with E-state index in [2.05, 4.69) is 10.3 Å². The normalized spacial score (nSPS) is 17.0. The summed E-state index contributed by atoms with van der Waals surface area (Å²) in [6.07, 6.45) is 2.83. The summed E-state index contributed by atoms with van der Waals surface area (Å²) >= 11 is 6.28. The first-order valence-corrected chi connectivity index (χ1v) is 11.1. The Morgan fingerprint density at radius 1 is 1.03 bits per heavy atom. The summed E-state index contributed by atoms with van der Waals surface area (Å²) in [5.41, 5.74) is 1.47. The predicted molar refractivity (Wildman–Crippen MR) is 107 cm³/mol. The van der Waals surface area contributed by atoms with E-state index in [1.807, 2.05) is 0 Å². The summed E-state index contributed by atoms with van der Waals surface area (Å²) in [4.78, 5) is 4.59. The highest BCUT2D eigenvalue weighted by Gasteiger charge is 2.26. The van der Waals surface area contributed by atoms with Gasteiger partial charge in [0.15, 0.2) is 17.1 Å². The molecule has 0 aliphatic carbocycles. The summed E-state index contributed by atoms with van der Waals surface area (Å²) in [6, 6.07) is 8.26. The van der Waals surface area contributed by atoms with Gasteiger partial charge in [0.25, 0.3) is 6.01 Å². The maximum Gasteiger partial charge on any atom is 0.300 e. The Morgan fingerprint density at radius 3 is 2.59 bits per heavy atom. The number of aromatic nitrogens is 1. The van der Waals surface area contributed by atoms with Crippen molar-refractivity contribution in [2.24, 2.45) is 0 Å². The van der Waals surface area contributed by atoms with Gasteiger partial charge in [-0.3, -0.25) is 0 Å². The molecule has 3 aromatic rings. The number of benzene rings is 2. The second kappa shape index (κ2) is 7.08. The zero-order chi connectivity index (χ0) is 20.0. The minimum atomic E-state index is -3.54. The van der Waals surface area contributed by atoms with Crippen LogP contribution in [0.5, 0.6) is 11.5 Å². The molecule has 10 heteroatoms. The molecule has 1 N–H and O–H groups in total. The van der Waals surface area contributed by atoms with Crippen LogP contribution in [0.4, 0.5) is 11.7 Å². The number of nitrogens with one attached hydrogen (secondary N) is 1. The highest BCUT2D eigenvalue weighted by Crippen LogP contribution is 2.40. The smallest absolute Gasteiger partial charge is 0.300 e. The fourth-order valence-electron chi connectivity index (χ4n) is 3.50. The van der Waals surface area contributed by atoms with Crippen LogP contribution in [0.1, 0.15) is 19.3 Å². The zero-order valence-electron chi connectivity index (χ0n) is 15.4. The molecule has 2 aliphatic rings. The molecule has 2 aliphatic heterocycles. The number of piperidine rings is 1. The van der Waals surface area contributed by atoms with Gasteiger partial charge in [0, 0.05) is 25.2 Å². The van der Waals surface area contributed by atoms with E-state index in [0.29, 0.717) is 46.4 Å². The van der Waals surface area contributed by atoms with Crippen LogP contribution in [0.3, 0.4) is 0 Å². The second-order valence-electron chi connectivity index (χ2n) is 6.92. The van der Waals surface area contributed by atoms with Gasteiger partial charge >= 0.3 is 0 Å². The number of nitrogens with zero attached hydrogens (tertiary/aromatic N) is 2. The predicted octanol–water partition coefficient (Wildman–Crippen LogP) is 4.13. The monoisotopic (exact) mass is 435 g/mol. The van der Waals surface area contributed by atoms with Crippen LogP contribution in [0, 0.1) is 0 Å². The maximum atomic E-state index is 12.9. The molecule has 1 saturated heterocycles. The lowest BCUT2D eigenvalue weighted by atomic mass is 10.2. The molecule has 5 rings (SSSR count). The summed E-state index contributed by atoms with van der Waals surface area (Å²) in [6.45, 7) is 1.25. The summed E-state index contributed by atoms with van der Waals surface area (Å²) in [5, 5.41) is 3.43. The molecule has 2 aromatic carbocycles. The lowest BCUT2D eigenvalue weighted by Crippen LogP contribution is -2.35. The van der Waals surface area contributed by atoms with Crippen molar-refractivity contribution in [1.82, 2.24) is 9.29 Å². The van der Waals surface area contributed by atoms with Gasteiger partial charge < -0.3 is 19.2 Å². The van der Waals surface area contributed by atoms with Gasteiger partial charge in [-0.25, -0.2) is 8.42 Å². The van der Waals surface area contributed by atoms with Crippen LogP contribution in [0.25, 0.3) is 11.1 Å². The quantitative estimate of drug-likeness (QED) is 0.658. The number of sulfonamides is 1. The van der Waals surface area contributed by atoms with Gasteiger partial charge in [0.05, 0.1) is 15.6 Å². The molecule has 29 heavy (non-hydrogen) atoms. The SMILES string of the molecule is O=S(=O)(c1ccc2oc(Nc3cc4c(cc3Cl)OCO4)nc2c1)N1CCCCC1. The van der Waals surface area contributed by atoms with Gasteiger partial charge in [-0.15, -0.1) is 0 Å². The standard InChI is InChI=1S/C19H18ClN3O5S/c20-13-9-17-18(27-11-26-17)10-14(13)21-19-22-15-8-12(4-5-16(15)28-19)29(24,25)23-6-2-1-3-7-23/h4-5,8-10H,1-3,6-7,11H2,(H,21,22). The number of oxazole rings is 1. The number of hydrogen-bond acceptors (Lipinski definition) is 7. The van der Waals surface area contributed by atoms with Gasteiger partial charge in [0.2, 0.25) is 16.8 Å². The number of rotatable bonds is 4. The average Bonchev–Trinajstić information content (AvgIpc) is 3.34. The van der Waals surface area contributed by atoms with Crippen molar-refractivity contribution < 1.29 is 22.3 Å². The Balaban J connectivity index is 1.44. The van der Waals surface area contributed by atoms with Crippen molar-refractivity contribution in [2.75, 3.05) is 25.2 Å². The molecule has 0 saturated carbocycles. The van der Waals surface area contributed by atoms with Crippen molar-refractivity contribution >= 4 is 44.4 Å². The largest absolute Gasteiger partial charge is 0.454 e. The molecule has 0 bridgehead atoms. The van der Waals surface area contributed by atoms with Crippen LogP contribution in [-0.4, -0.2) is 37.6 Å². The second-order valence-corrected chi connectivity index (χ2v) is 9.27. The highest BCUT2D eigenvalue weighted by molar-refractivity contribution is 7.89. The minimum absolute atomic E-state index is 0.145. The van der Waals surface area contributed by atoms with Crippen LogP contribution in [0.15, 0.2) is 39.6 Å². The molecule has 3 heterocycles. The van der Waals surface area contributed by atoms with E-state index in [0.717, 1.165) is 19.3 Å². The van der Waals surface area contributed by atoms with Crippen molar-refractivity contribution in [3.05, 3.63) is 35.4 Å². The third kappa shape index (κ3) is 3.39. The van der Waals surface area contributed by atoms with Gasteiger partial charge in [-0.05, 0) is 31.0 Å². The van der Waals surface area contributed by atoms with E-state index in [9.17, 15) is 8.42 Å². The van der Waals surface area contributed by atoms with Crippen molar-refractivity contribution in [3.63, 3.8) is 0 Å². The van der Waals surface area contributed by atoms with Gasteiger partial charge in [0.1, 0.15) is 5.52 Å². The third-order valence-corrected chi connectivity index (χ3v) is 7.22. The minimum Gasteiger partial charge on any atom is -0.454 e. The Hall–Kier alpha value is -2.49. The number of anilines is 2. The van der Waals surface area contributed by atoms with E-state index in [1.54, 1.807) is 24.3 Å². The van der Waals surface area contributed by atoms with Crippen LogP contribution >= 0.6 is 11.6 Å². The molecule has 0 atom stereocenters. The molecule has 0 spiro atoms. The van der Waals surface area contributed by atoms with Gasteiger partial charge in [-0.2, -0.15) is 9.29 Å². The number of hydrogen-bond donors (Lipinski definition) is 1. The van der Waals surface area contributed by atoms with Crippen LogP contribution < -0.4 is 14.8 Å². The van der Waals surface area contributed by atoms with E-state index in [-0.39, 0.29) is 17.7 Å². The summed E-state index contributed by atoms with van der Waals surface area (Å²) < 4.78 is 43.7. The molecule has 0 radical (unpaired) electrons. The number of ether oxygens (including phenoxy) is 2. The molecule has 1 fully saturated rings. The van der Waals surface area contributed by atoms with E-state index < -0.39 is 10.0 Å². The molecular formula is C19H18ClN3O5S. The molecule has 0 amide bonds. The van der Waals surface area contributed by atoms with Crippen molar-refractivity contribution in [3.8, 4) is 11.5 Å². The number of halogens is 1. The molecule has 1 aromatic heterocycles. The Morgan fingerprint density at radius 2 is 1.79 bits per heavy atom. The fraction of sp³-hybridized carbons (Fsp3) is 0.316. The first kappa shape index (κ1) is 18.5. The Labute approximate surface area is 172 Å². The molecule has 152 valence electrons. The average molecular weight is 436 g/mol. The number of fused-ring (bicyclic) bond motifs is 2. The first-order chi connectivity index (χ1) is 14.0. The van der Waals surface area contributed by atoms with Crippen molar-refractivity contribution in [2.45, 2.75) is 24.2 Å². The fourth-order valence-corrected chi connectivity index (χ4v) is 5.24. The molecular weight excluding hydrogens is 418 g/mol. The van der Waals surface area contributed by atoms with E-state index in [4.69, 9.17) is 25.5 Å². The lowest BCUT2D eigenvalue weighted by Gasteiger charge is -2.25. The maximum absolute atomic E-state index is 12.9. The summed E-state index contributed by atoms with van der Waals surface area (Å²) in [7, 11) is -3.54. The Kier molecular flexibility index (Phi) is 4.53. The van der Waals surface area contributed by atoms with Crippen LogP contribution in [0.2, 0.25) is 5.02 Å². The summed E-state index contributed by atoms with van der Waals surface area (Å²) in [5.74, 6) is 1.15. The lowest BCUT2D eigenvalue weighted by molar-refractivity contribution is 0.174. The topological polar surface area (TPSA) is 93.9 Å². The van der Waals surface area contributed by atoms with E-state index >= 15 is 0 Å². The zero-order valence-corrected chi connectivity index (χ0v) is 16.9. The third-order valence-electron chi connectivity index (χ3n) is 5.02. The highest BCUT2D eigenvalue weighted by atomic mass is 35.5. The first-order valence-electron chi connectivity index (χ1n) is 9.28. The van der Waals surface area contributed by atoms with Gasteiger partial charge in [-0.1, -0.05) is 18.0 Å². The Bertz CT molecular complexity index is 1190. The molecule has 8 nitrogen and oxygen atoms in total.